The summed E-state index contributed by atoms with van der Waals surface area (Å²) < 4.78 is 22.0. The smallest absolute Gasteiger partial charge is 0.348 e. The topological polar surface area (TPSA) is 79.2 Å². The first kappa shape index (κ1) is 24.0. The number of methoxy groups -OCH3 is 3. The number of esters is 1. The number of aliphatic imine (C=N–C) groups is 1. The number of allylic oxidation sites excluding steroid dienone is 1. The summed E-state index contributed by atoms with van der Waals surface area (Å²) in [7, 11) is 4.75. The van der Waals surface area contributed by atoms with E-state index in [4.69, 9.17) is 28.9 Å². The Labute approximate surface area is 206 Å². The van der Waals surface area contributed by atoms with Gasteiger partial charge in [0.05, 0.1) is 33.1 Å². The lowest BCUT2D eigenvalue weighted by molar-refractivity contribution is 0.0384. The van der Waals surface area contributed by atoms with Gasteiger partial charge in [0.1, 0.15) is 9.88 Å². The number of carbonyl (C=O) groups excluding carboxylic acids is 1. The lowest BCUT2D eigenvalue weighted by Crippen LogP contribution is -2.21. The molecule has 34 heavy (non-hydrogen) atoms. The Bertz CT molecular complexity index is 1240. The quantitative estimate of drug-likeness (QED) is 0.373. The van der Waals surface area contributed by atoms with Crippen LogP contribution < -0.4 is 14.2 Å². The average molecular weight is 499 g/mol. The van der Waals surface area contributed by atoms with E-state index in [0.29, 0.717) is 22.1 Å². The first-order valence-electron chi connectivity index (χ1n) is 10.6. The van der Waals surface area contributed by atoms with Crippen molar-refractivity contribution in [2.45, 2.75) is 32.4 Å². The molecule has 0 saturated carbocycles. The van der Waals surface area contributed by atoms with Crippen LogP contribution in [-0.2, 0) is 10.3 Å². The third-order valence-corrected chi connectivity index (χ3v) is 7.37. The molecule has 1 aliphatic rings. The van der Waals surface area contributed by atoms with Crippen molar-refractivity contribution in [1.82, 2.24) is 4.98 Å². The monoisotopic (exact) mass is 498 g/mol. The SMILES string of the molecule is COc1cc(C2(c3nc(-c4cc(C(=O)OC(C)C)sc4C)cs3)C=CC=N2)cc(OC)c1OC. The number of rotatable bonds is 8. The summed E-state index contributed by atoms with van der Waals surface area (Å²) in [6.07, 6.45) is 5.50. The Morgan fingerprint density at radius 2 is 1.76 bits per heavy atom. The number of thiophene rings is 1. The van der Waals surface area contributed by atoms with E-state index in [9.17, 15) is 4.79 Å². The molecule has 1 atom stereocenters. The third-order valence-electron chi connectivity index (χ3n) is 5.37. The van der Waals surface area contributed by atoms with Crippen molar-refractivity contribution in [3.05, 3.63) is 56.1 Å². The minimum atomic E-state index is -0.820. The molecule has 3 heterocycles. The molecule has 3 aromatic rings. The van der Waals surface area contributed by atoms with Gasteiger partial charge in [-0.2, -0.15) is 0 Å². The molecule has 178 valence electrons. The van der Waals surface area contributed by atoms with E-state index in [-0.39, 0.29) is 12.1 Å². The maximum absolute atomic E-state index is 12.4. The van der Waals surface area contributed by atoms with Gasteiger partial charge in [-0.15, -0.1) is 22.7 Å². The molecule has 9 heteroatoms. The second-order valence-corrected chi connectivity index (χ2v) is 10.0. The van der Waals surface area contributed by atoms with Crippen molar-refractivity contribution in [2.24, 2.45) is 4.99 Å². The summed E-state index contributed by atoms with van der Waals surface area (Å²) >= 11 is 2.92. The molecular weight excluding hydrogens is 472 g/mol. The molecule has 0 spiro atoms. The van der Waals surface area contributed by atoms with Crippen LogP contribution in [0.3, 0.4) is 0 Å². The van der Waals surface area contributed by atoms with Crippen LogP contribution in [0.4, 0.5) is 0 Å². The molecule has 1 aliphatic heterocycles. The predicted molar refractivity (Wildman–Crippen MR) is 135 cm³/mol. The molecule has 4 rings (SSSR count). The van der Waals surface area contributed by atoms with Crippen LogP contribution in [0.25, 0.3) is 11.3 Å². The number of hydrogen-bond donors (Lipinski definition) is 0. The zero-order valence-corrected chi connectivity index (χ0v) is 21.5. The number of ether oxygens (including phenoxy) is 4. The zero-order chi connectivity index (χ0) is 24.5. The molecule has 0 aliphatic carbocycles. The second kappa shape index (κ2) is 9.60. The lowest BCUT2D eigenvalue weighted by atomic mass is 9.91. The minimum Gasteiger partial charge on any atom is -0.493 e. The van der Waals surface area contributed by atoms with Crippen molar-refractivity contribution in [2.75, 3.05) is 21.3 Å². The first-order chi connectivity index (χ1) is 16.3. The van der Waals surface area contributed by atoms with E-state index in [0.717, 1.165) is 26.7 Å². The van der Waals surface area contributed by atoms with Crippen LogP contribution in [0.1, 0.15) is 39.0 Å². The van der Waals surface area contributed by atoms with Crippen LogP contribution in [0.5, 0.6) is 17.2 Å². The highest BCUT2D eigenvalue weighted by Gasteiger charge is 2.38. The van der Waals surface area contributed by atoms with Gasteiger partial charge in [-0.25, -0.2) is 9.78 Å². The number of nitrogens with zero attached hydrogens (tertiary/aromatic N) is 2. The van der Waals surface area contributed by atoms with Crippen LogP contribution >= 0.6 is 22.7 Å². The first-order valence-corrected chi connectivity index (χ1v) is 12.3. The second-order valence-electron chi connectivity index (χ2n) is 7.89. The minimum absolute atomic E-state index is 0.172. The fraction of sp³-hybridized carbons (Fsp3) is 0.320. The Kier molecular flexibility index (Phi) is 6.77. The van der Waals surface area contributed by atoms with Gasteiger partial charge in [0, 0.05) is 22.0 Å². The molecular formula is C25H26N2O5S2. The molecule has 0 bridgehead atoms. The van der Waals surface area contributed by atoms with Gasteiger partial charge in [-0.1, -0.05) is 0 Å². The summed E-state index contributed by atoms with van der Waals surface area (Å²) in [6, 6.07) is 5.64. The average Bonchev–Trinajstić information content (AvgIpc) is 3.57. The van der Waals surface area contributed by atoms with Crippen LogP contribution in [0.2, 0.25) is 0 Å². The van der Waals surface area contributed by atoms with E-state index < -0.39 is 5.54 Å². The summed E-state index contributed by atoms with van der Waals surface area (Å²) in [5.41, 5.74) is 1.73. The van der Waals surface area contributed by atoms with E-state index in [1.165, 1.54) is 22.7 Å². The fourth-order valence-corrected chi connectivity index (χ4v) is 5.67. The molecule has 1 aromatic carbocycles. The molecule has 2 aromatic heterocycles. The molecule has 0 amide bonds. The van der Waals surface area contributed by atoms with E-state index in [1.54, 1.807) is 27.5 Å². The number of hydrogen-bond acceptors (Lipinski definition) is 9. The fourth-order valence-electron chi connectivity index (χ4n) is 3.79. The van der Waals surface area contributed by atoms with Crippen LogP contribution in [-0.4, -0.2) is 44.6 Å². The molecule has 0 radical (unpaired) electrons. The molecule has 0 fully saturated rings. The van der Waals surface area contributed by atoms with E-state index in [2.05, 4.69) is 0 Å². The third kappa shape index (κ3) is 4.21. The van der Waals surface area contributed by atoms with Gasteiger partial charge in [0.25, 0.3) is 0 Å². The van der Waals surface area contributed by atoms with Gasteiger partial charge < -0.3 is 18.9 Å². The molecule has 7 nitrogen and oxygen atoms in total. The number of carbonyl (C=O) groups is 1. The van der Waals surface area contributed by atoms with Gasteiger partial charge in [0.15, 0.2) is 17.0 Å². The number of aromatic nitrogens is 1. The maximum atomic E-state index is 12.4. The van der Waals surface area contributed by atoms with Crippen molar-refractivity contribution in [3.8, 4) is 28.5 Å². The maximum Gasteiger partial charge on any atom is 0.348 e. The summed E-state index contributed by atoms with van der Waals surface area (Å²) in [5.74, 6) is 1.29. The summed E-state index contributed by atoms with van der Waals surface area (Å²) in [4.78, 5) is 23.7. The number of aryl methyl sites for hydroxylation is 1. The van der Waals surface area contributed by atoms with Crippen LogP contribution in [0, 0.1) is 6.92 Å². The van der Waals surface area contributed by atoms with Gasteiger partial charge >= 0.3 is 5.97 Å². The molecule has 1 unspecified atom stereocenters. The van der Waals surface area contributed by atoms with Crippen LogP contribution in [0.15, 0.2) is 40.7 Å². The normalized spacial score (nSPS) is 16.8. The lowest BCUT2D eigenvalue weighted by Gasteiger charge is -2.24. The summed E-state index contributed by atoms with van der Waals surface area (Å²) in [6.45, 7) is 5.65. The molecule has 0 N–H and O–H groups in total. The number of thiazole rings is 1. The highest BCUT2D eigenvalue weighted by Crippen LogP contribution is 2.47. The summed E-state index contributed by atoms with van der Waals surface area (Å²) in [5, 5.41) is 2.78. The largest absolute Gasteiger partial charge is 0.493 e. The van der Waals surface area contributed by atoms with Gasteiger partial charge in [0.2, 0.25) is 5.75 Å². The Balaban J connectivity index is 1.77. The van der Waals surface area contributed by atoms with Crippen molar-refractivity contribution >= 4 is 34.9 Å². The van der Waals surface area contributed by atoms with Gasteiger partial charge in [-0.05, 0) is 56.7 Å². The molecule has 0 saturated heterocycles. The standard InChI is InChI=1S/C25H26N2O5S2/c1-14(2)32-23(28)21-12-17(15(3)34-21)18-13-33-24(27-18)25(8-7-9-26-25)16-10-19(29-4)22(31-6)20(11-16)30-5/h7-14H,1-6H3. The Morgan fingerprint density at radius 3 is 2.32 bits per heavy atom. The zero-order valence-electron chi connectivity index (χ0n) is 19.9. The van der Waals surface area contributed by atoms with E-state index in [1.807, 2.05) is 56.5 Å². The van der Waals surface area contributed by atoms with Crippen molar-refractivity contribution in [3.63, 3.8) is 0 Å². The van der Waals surface area contributed by atoms with Crippen molar-refractivity contribution in [1.29, 1.82) is 0 Å². The van der Waals surface area contributed by atoms with Crippen molar-refractivity contribution < 1.29 is 23.7 Å². The van der Waals surface area contributed by atoms with E-state index >= 15 is 0 Å². The van der Waals surface area contributed by atoms with Gasteiger partial charge in [-0.3, -0.25) is 4.99 Å². The predicted octanol–water partition coefficient (Wildman–Crippen LogP) is 5.66. The highest BCUT2D eigenvalue weighted by molar-refractivity contribution is 7.14. The Hall–Kier alpha value is -3.17. The number of benzene rings is 1. The highest BCUT2D eigenvalue weighted by atomic mass is 32.1. The Morgan fingerprint density at radius 1 is 1.06 bits per heavy atom.